The summed E-state index contributed by atoms with van der Waals surface area (Å²) >= 11 is 5.95. The molecule has 0 radical (unpaired) electrons. The molecule has 0 aromatic heterocycles. The number of halogens is 1. The third-order valence-electron chi connectivity index (χ3n) is 3.03. The van der Waals surface area contributed by atoms with Crippen LogP contribution in [0.3, 0.4) is 0 Å². The van der Waals surface area contributed by atoms with Gasteiger partial charge in [0.1, 0.15) is 9.84 Å². The SMILES string of the molecule is CCCS(=O)(=O)CCC(CCl)c1ccc(C)cc1. The molecule has 1 aromatic rings. The van der Waals surface area contributed by atoms with E-state index in [4.69, 9.17) is 11.6 Å². The van der Waals surface area contributed by atoms with Crippen molar-refractivity contribution in [2.75, 3.05) is 17.4 Å². The third kappa shape index (κ3) is 4.99. The van der Waals surface area contributed by atoms with E-state index in [1.54, 1.807) is 0 Å². The molecule has 18 heavy (non-hydrogen) atoms. The molecule has 0 spiro atoms. The van der Waals surface area contributed by atoms with Crippen molar-refractivity contribution in [1.82, 2.24) is 0 Å². The minimum atomic E-state index is -2.91. The van der Waals surface area contributed by atoms with Crippen molar-refractivity contribution in [3.05, 3.63) is 35.4 Å². The normalized spacial score (nSPS) is 13.5. The molecule has 0 amide bonds. The van der Waals surface area contributed by atoms with Crippen molar-refractivity contribution in [3.8, 4) is 0 Å². The molecule has 102 valence electrons. The van der Waals surface area contributed by atoms with Crippen LogP contribution in [0.15, 0.2) is 24.3 Å². The van der Waals surface area contributed by atoms with Gasteiger partial charge < -0.3 is 0 Å². The monoisotopic (exact) mass is 288 g/mol. The quantitative estimate of drug-likeness (QED) is 0.719. The van der Waals surface area contributed by atoms with Crippen molar-refractivity contribution in [2.24, 2.45) is 0 Å². The van der Waals surface area contributed by atoms with Crippen LogP contribution >= 0.6 is 11.6 Å². The van der Waals surface area contributed by atoms with Crippen LogP contribution < -0.4 is 0 Å². The van der Waals surface area contributed by atoms with Gasteiger partial charge in [0.2, 0.25) is 0 Å². The first-order valence-electron chi connectivity index (χ1n) is 6.31. The van der Waals surface area contributed by atoms with E-state index in [1.165, 1.54) is 5.56 Å². The zero-order valence-electron chi connectivity index (χ0n) is 11.0. The molecule has 1 unspecified atom stereocenters. The molecule has 0 fully saturated rings. The number of benzene rings is 1. The highest BCUT2D eigenvalue weighted by Crippen LogP contribution is 2.22. The summed E-state index contributed by atoms with van der Waals surface area (Å²) < 4.78 is 23.4. The van der Waals surface area contributed by atoms with E-state index in [1.807, 2.05) is 38.1 Å². The van der Waals surface area contributed by atoms with E-state index >= 15 is 0 Å². The molecule has 0 saturated carbocycles. The van der Waals surface area contributed by atoms with Gasteiger partial charge in [-0.15, -0.1) is 11.6 Å². The van der Waals surface area contributed by atoms with Gasteiger partial charge in [0.15, 0.2) is 0 Å². The van der Waals surface area contributed by atoms with Crippen molar-refractivity contribution in [2.45, 2.75) is 32.6 Å². The highest BCUT2D eigenvalue weighted by molar-refractivity contribution is 7.91. The summed E-state index contributed by atoms with van der Waals surface area (Å²) in [5.74, 6) is 1.09. The molecular formula is C14H21ClO2S. The minimum Gasteiger partial charge on any atom is -0.229 e. The van der Waals surface area contributed by atoms with Gasteiger partial charge in [-0.2, -0.15) is 0 Å². The van der Waals surface area contributed by atoms with Crippen LogP contribution in [0, 0.1) is 6.92 Å². The van der Waals surface area contributed by atoms with Gasteiger partial charge in [0.05, 0.1) is 5.75 Å². The van der Waals surface area contributed by atoms with Crippen LogP contribution in [0.2, 0.25) is 0 Å². The fourth-order valence-electron chi connectivity index (χ4n) is 1.91. The first-order chi connectivity index (χ1) is 8.48. The molecule has 4 heteroatoms. The number of sulfone groups is 1. The lowest BCUT2D eigenvalue weighted by Crippen LogP contribution is -2.14. The average molecular weight is 289 g/mol. The van der Waals surface area contributed by atoms with Gasteiger partial charge in [-0.05, 0) is 31.2 Å². The summed E-state index contributed by atoms with van der Waals surface area (Å²) in [6.45, 7) is 3.92. The first kappa shape index (κ1) is 15.5. The Morgan fingerprint density at radius 3 is 2.28 bits per heavy atom. The molecular weight excluding hydrogens is 268 g/mol. The number of aryl methyl sites for hydroxylation is 1. The van der Waals surface area contributed by atoms with Gasteiger partial charge in [0, 0.05) is 11.6 Å². The standard InChI is InChI=1S/C14H21ClO2S/c1-3-9-18(16,17)10-8-14(11-15)13-6-4-12(2)5-7-13/h4-7,14H,3,8-11H2,1-2H3. The lowest BCUT2D eigenvalue weighted by Gasteiger charge is -2.14. The van der Waals surface area contributed by atoms with Crippen molar-refractivity contribution in [1.29, 1.82) is 0 Å². The van der Waals surface area contributed by atoms with Gasteiger partial charge >= 0.3 is 0 Å². The van der Waals surface area contributed by atoms with Crippen LogP contribution in [0.4, 0.5) is 0 Å². The second-order valence-electron chi connectivity index (χ2n) is 4.70. The van der Waals surface area contributed by atoms with Crippen LogP contribution in [0.5, 0.6) is 0 Å². The van der Waals surface area contributed by atoms with Crippen molar-refractivity contribution in [3.63, 3.8) is 0 Å². The molecule has 0 aliphatic rings. The number of hydrogen-bond acceptors (Lipinski definition) is 2. The summed E-state index contributed by atoms with van der Waals surface area (Å²) in [5.41, 5.74) is 2.33. The van der Waals surface area contributed by atoms with E-state index in [-0.39, 0.29) is 17.4 Å². The second-order valence-corrected chi connectivity index (χ2v) is 7.31. The molecule has 0 N–H and O–H groups in total. The Labute approximate surface area is 115 Å². The molecule has 1 rings (SSSR count). The Morgan fingerprint density at radius 1 is 1.17 bits per heavy atom. The van der Waals surface area contributed by atoms with Gasteiger partial charge in [-0.3, -0.25) is 0 Å². The molecule has 1 atom stereocenters. The van der Waals surface area contributed by atoms with Gasteiger partial charge in [0.25, 0.3) is 0 Å². The second kappa shape index (κ2) is 7.15. The zero-order chi connectivity index (χ0) is 13.6. The Morgan fingerprint density at radius 2 is 1.78 bits per heavy atom. The largest absolute Gasteiger partial charge is 0.229 e. The van der Waals surface area contributed by atoms with E-state index in [9.17, 15) is 8.42 Å². The lowest BCUT2D eigenvalue weighted by atomic mass is 9.98. The van der Waals surface area contributed by atoms with Crippen molar-refractivity contribution < 1.29 is 8.42 Å². The zero-order valence-corrected chi connectivity index (χ0v) is 12.6. The summed E-state index contributed by atoms with van der Waals surface area (Å²) in [6.07, 6.45) is 1.29. The van der Waals surface area contributed by atoms with Crippen LogP contribution in [0.25, 0.3) is 0 Å². The lowest BCUT2D eigenvalue weighted by molar-refractivity contribution is 0.587. The summed E-state index contributed by atoms with van der Waals surface area (Å²) in [6, 6.07) is 8.15. The van der Waals surface area contributed by atoms with Gasteiger partial charge in [-0.25, -0.2) is 8.42 Å². The first-order valence-corrected chi connectivity index (χ1v) is 8.67. The summed E-state index contributed by atoms with van der Waals surface area (Å²) in [7, 11) is -2.91. The summed E-state index contributed by atoms with van der Waals surface area (Å²) in [4.78, 5) is 0. The minimum absolute atomic E-state index is 0.124. The Kier molecular flexibility index (Phi) is 6.16. The fraction of sp³-hybridized carbons (Fsp3) is 0.571. The van der Waals surface area contributed by atoms with Crippen LogP contribution in [-0.4, -0.2) is 25.8 Å². The maximum absolute atomic E-state index is 11.7. The number of hydrogen-bond donors (Lipinski definition) is 0. The molecule has 0 aliphatic carbocycles. The Hall–Kier alpha value is -0.540. The molecule has 0 saturated heterocycles. The third-order valence-corrected chi connectivity index (χ3v) is 5.29. The van der Waals surface area contributed by atoms with Crippen LogP contribution in [0.1, 0.15) is 36.8 Å². The summed E-state index contributed by atoms with van der Waals surface area (Å²) in [5, 5.41) is 0. The molecule has 0 heterocycles. The molecule has 1 aromatic carbocycles. The smallest absolute Gasteiger partial charge is 0.150 e. The molecule has 0 aliphatic heterocycles. The van der Waals surface area contributed by atoms with E-state index in [2.05, 4.69) is 0 Å². The highest BCUT2D eigenvalue weighted by atomic mass is 35.5. The van der Waals surface area contributed by atoms with E-state index in [0.717, 1.165) is 5.56 Å². The topological polar surface area (TPSA) is 34.1 Å². The predicted molar refractivity (Wildman–Crippen MR) is 78.2 cm³/mol. The maximum Gasteiger partial charge on any atom is 0.150 e. The Balaban J connectivity index is 2.65. The number of alkyl halides is 1. The molecule has 0 bridgehead atoms. The highest BCUT2D eigenvalue weighted by Gasteiger charge is 2.16. The van der Waals surface area contributed by atoms with E-state index < -0.39 is 9.84 Å². The average Bonchev–Trinajstić information content (AvgIpc) is 2.32. The number of rotatable bonds is 7. The van der Waals surface area contributed by atoms with Crippen molar-refractivity contribution >= 4 is 21.4 Å². The fourth-order valence-corrected chi connectivity index (χ4v) is 3.71. The van der Waals surface area contributed by atoms with Crippen LogP contribution in [-0.2, 0) is 9.84 Å². The predicted octanol–water partition coefficient (Wildman–Crippen LogP) is 3.53. The maximum atomic E-state index is 11.7. The van der Waals surface area contributed by atoms with Gasteiger partial charge in [-0.1, -0.05) is 36.8 Å². The Bertz CT molecular complexity index is 451. The van der Waals surface area contributed by atoms with E-state index in [0.29, 0.717) is 18.7 Å². The molecule has 2 nitrogen and oxygen atoms in total.